The largest absolute Gasteiger partial charge is 0.493 e. The van der Waals surface area contributed by atoms with Crippen LogP contribution < -0.4 is 14.8 Å². The van der Waals surface area contributed by atoms with Gasteiger partial charge in [-0.25, -0.2) is 0 Å². The van der Waals surface area contributed by atoms with Crippen molar-refractivity contribution in [1.82, 2.24) is 5.32 Å². The number of benzene rings is 1. The lowest BCUT2D eigenvalue weighted by atomic mass is 10.2. The number of nitrogens with one attached hydrogen (secondary N) is 1. The van der Waals surface area contributed by atoms with E-state index in [0.717, 1.165) is 10.4 Å². The molecule has 0 aliphatic carbocycles. The highest BCUT2D eigenvalue weighted by Gasteiger charge is 2.12. The first-order valence-corrected chi connectivity index (χ1v) is 8.28. The molecule has 0 fully saturated rings. The van der Waals surface area contributed by atoms with Crippen LogP contribution in [0.25, 0.3) is 6.08 Å². The predicted octanol–water partition coefficient (Wildman–Crippen LogP) is 4.05. The number of hydrogen-bond acceptors (Lipinski definition) is 4. The molecule has 2 rings (SSSR count). The molecule has 1 heterocycles. The van der Waals surface area contributed by atoms with Gasteiger partial charge >= 0.3 is 0 Å². The van der Waals surface area contributed by atoms with Gasteiger partial charge in [0.1, 0.15) is 0 Å². The minimum atomic E-state index is -0.162. The monoisotopic (exact) mass is 331 g/mol. The van der Waals surface area contributed by atoms with Crippen molar-refractivity contribution >= 4 is 23.3 Å². The molecular weight excluding hydrogens is 310 g/mol. The second kappa shape index (κ2) is 8.39. The lowest BCUT2D eigenvalue weighted by Crippen LogP contribution is -2.30. The fraction of sp³-hybridized carbons (Fsp3) is 0.278. The van der Waals surface area contributed by atoms with Crippen molar-refractivity contribution in [2.75, 3.05) is 13.7 Å². The Hall–Kier alpha value is -2.27. The minimum Gasteiger partial charge on any atom is -0.493 e. The van der Waals surface area contributed by atoms with E-state index < -0.39 is 0 Å². The van der Waals surface area contributed by atoms with Crippen molar-refractivity contribution in [3.8, 4) is 11.5 Å². The van der Waals surface area contributed by atoms with Crippen LogP contribution in [0.5, 0.6) is 11.5 Å². The number of amides is 1. The smallest absolute Gasteiger partial charge is 0.258 e. The molecule has 0 spiro atoms. The molecule has 122 valence electrons. The van der Waals surface area contributed by atoms with E-state index in [1.54, 1.807) is 18.4 Å². The number of hydrogen-bond donors (Lipinski definition) is 1. The van der Waals surface area contributed by atoms with Crippen molar-refractivity contribution in [3.05, 3.63) is 52.2 Å². The third-order valence-corrected chi connectivity index (χ3v) is 4.31. The van der Waals surface area contributed by atoms with Crippen LogP contribution in [-0.2, 0) is 4.79 Å². The molecule has 0 aliphatic rings. The molecule has 1 amide bonds. The summed E-state index contributed by atoms with van der Waals surface area (Å²) < 4.78 is 10.9. The maximum absolute atomic E-state index is 12.0. The molecule has 1 aromatic heterocycles. The molecule has 0 saturated carbocycles. The van der Waals surface area contributed by atoms with Gasteiger partial charge < -0.3 is 14.8 Å². The van der Waals surface area contributed by atoms with E-state index >= 15 is 0 Å². The molecule has 4 nitrogen and oxygen atoms in total. The molecule has 1 N–H and O–H groups in total. The maximum atomic E-state index is 12.0. The number of carbonyl (C=O) groups is 1. The zero-order valence-electron chi connectivity index (χ0n) is 13.5. The summed E-state index contributed by atoms with van der Waals surface area (Å²) >= 11 is 1.62. The second-order valence-electron chi connectivity index (χ2n) is 5.00. The highest BCUT2D eigenvalue weighted by molar-refractivity contribution is 7.10. The third-order valence-electron chi connectivity index (χ3n) is 3.25. The molecule has 1 unspecified atom stereocenters. The second-order valence-corrected chi connectivity index (χ2v) is 5.98. The van der Waals surface area contributed by atoms with E-state index in [4.69, 9.17) is 9.47 Å². The molecule has 2 aromatic rings. The van der Waals surface area contributed by atoms with Crippen molar-refractivity contribution in [2.45, 2.75) is 19.9 Å². The van der Waals surface area contributed by atoms with E-state index in [0.29, 0.717) is 11.5 Å². The van der Waals surface area contributed by atoms with Gasteiger partial charge in [0.25, 0.3) is 5.91 Å². The number of rotatable bonds is 7. The summed E-state index contributed by atoms with van der Waals surface area (Å²) in [4.78, 5) is 13.1. The van der Waals surface area contributed by atoms with Gasteiger partial charge in [-0.1, -0.05) is 24.3 Å². The fourth-order valence-corrected chi connectivity index (χ4v) is 2.87. The van der Waals surface area contributed by atoms with E-state index in [2.05, 4.69) is 5.32 Å². The Morgan fingerprint density at radius 2 is 2.17 bits per heavy atom. The van der Waals surface area contributed by atoms with Crippen LogP contribution in [0.2, 0.25) is 0 Å². The average Bonchev–Trinajstić information content (AvgIpc) is 3.08. The zero-order chi connectivity index (χ0) is 16.7. The summed E-state index contributed by atoms with van der Waals surface area (Å²) in [6, 6.07) is 9.55. The number of ether oxygens (including phenoxy) is 2. The van der Waals surface area contributed by atoms with Crippen LogP contribution in [0.15, 0.2) is 41.8 Å². The Kier molecular flexibility index (Phi) is 6.23. The SMILES string of the molecule is C/C=C/c1ccc(OCC(=O)NC(C)c2cccs2)c(OC)c1. The molecule has 5 heteroatoms. The Bertz CT molecular complexity index is 665. The number of allylic oxidation sites excluding steroid dienone is 1. The van der Waals surface area contributed by atoms with Gasteiger partial charge in [-0.05, 0) is 43.0 Å². The molecule has 23 heavy (non-hydrogen) atoms. The Labute approximate surface area is 140 Å². The summed E-state index contributed by atoms with van der Waals surface area (Å²) in [5.74, 6) is 1.00. The van der Waals surface area contributed by atoms with Gasteiger partial charge in [-0.15, -0.1) is 11.3 Å². The van der Waals surface area contributed by atoms with E-state index in [1.165, 1.54) is 0 Å². The third kappa shape index (κ3) is 4.86. The molecular formula is C18H21NO3S. The molecule has 0 saturated heterocycles. The molecule has 0 bridgehead atoms. The van der Waals surface area contributed by atoms with Crippen LogP contribution >= 0.6 is 11.3 Å². The highest BCUT2D eigenvalue weighted by atomic mass is 32.1. The lowest BCUT2D eigenvalue weighted by Gasteiger charge is -2.14. The fourth-order valence-electron chi connectivity index (χ4n) is 2.13. The van der Waals surface area contributed by atoms with Crippen LogP contribution in [0.3, 0.4) is 0 Å². The first-order valence-electron chi connectivity index (χ1n) is 7.40. The molecule has 0 aliphatic heterocycles. The van der Waals surface area contributed by atoms with E-state index in [1.807, 2.05) is 61.7 Å². The van der Waals surface area contributed by atoms with Crippen LogP contribution in [0, 0.1) is 0 Å². The van der Waals surface area contributed by atoms with Gasteiger partial charge in [0, 0.05) is 4.88 Å². The summed E-state index contributed by atoms with van der Waals surface area (Å²) in [5.41, 5.74) is 1.02. The van der Waals surface area contributed by atoms with Gasteiger partial charge in [0.15, 0.2) is 18.1 Å². The lowest BCUT2D eigenvalue weighted by molar-refractivity contribution is -0.123. The topological polar surface area (TPSA) is 47.6 Å². The quantitative estimate of drug-likeness (QED) is 0.833. The maximum Gasteiger partial charge on any atom is 0.258 e. The molecule has 0 radical (unpaired) electrons. The van der Waals surface area contributed by atoms with Crippen molar-refractivity contribution in [3.63, 3.8) is 0 Å². The van der Waals surface area contributed by atoms with Gasteiger partial charge in [0.05, 0.1) is 13.2 Å². The Morgan fingerprint density at radius 1 is 1.35 bits per heavy atom. The zero-order valence-corrected chi connectivity index (χ0v) is 14.4. The Morgan fingerprint density at radius 3 is 2.83 bits per heavy atom. The van der Waals surface area contributed by atoms with Gasteiger partial charge in [-0.2, -0.15) is 0 Å². The van der Waals surface area contributed by atoms with Crippen LogP contribution in [0.1, 0.15) is 30.3 Å². The van der Waals surface area contributed by atoms with Crippen LogP contribution in [0.4, 0.5) is 0 Å². The van der Waals surface area contributed by atoms with Gasteiger partial charge in [-0.3, -0.25) is 4.79 Å². The first-order chi connectivity index (χ1) is 11.1. The minimum absolute atomic E-state index is 0.0231. The van der Waals surface area contributed by atoms with Crippen LogP contribution in [-0.4, -0.2) is 19.6 Å². The van der Waals surface area contributed by atoms with Crippen molar-refractivity contribution in [1.29, 1.82) is 0 Å². The first kappa shape index (κ1) is 17.1. The van der Waals surface area contributed by atoms with Crippen molar-refractivity contribution < 1.29 is 14.3 Å². The van der Waals surface area contributed by atoms with Gasteiger partial charge in [0.2, 0.25) is 0 Å². The average molecular weight is 331 g/mol. The number of thiophene rings is 1. The van der Waals surface area contributed by atoms with Crippen molar-refractivity contribution in [2.24, 2.45) is 0 Å². The molecule has 1 aromatic carbocycles. The number of carbonyl (C=O) groups excluding carboxylic acids is 1. The normalized spacial score (nSPS) is 12.1. The Balaban J connectivity index is 1.93. The summed E-state index contributed by atoms with van der Waals surface area (Å²) in [6.07, 6.45) is 3.93. The predicted molar refractivity (Wildman–Crippen MR) is 94.1 cm³/mol. The highest BCUT2D eigenvalue weighted by Crippen LogP contribution is 2.28. The summed E-state index contributed by atoms with van der Waals surface area (Å²) in [6.45, 7) is 3.86. The number of methoxy groups -OCH3 is 1. The van der Waals surface area contributed by atoms with E-state index in [9.17, 15) is 4.79 Å². The molecule has 1 atom stereocenters. The summed E-state index contributed by atoms with van der Waals surface area (Å²) in [5, 5.41) is 4.91. The standard InChI is InChI=1S/C18H21NO3S/c1-4-6-14-8-9-15(16(11-14)21-3)22-12-18(20)19-13(2)17-7-5-10-23-17/h4-11,13H,12H2,1-3H3,(H,19,20)/b6-4+. The van der Waals surface area contributed by atoms with E-state index in [-0.39, 0.29) is 18.6 Å². The summed E-state index contributed by atoms with van der Waals surface area (Å²) in [7, 11) is 1.58.